The van der Waals surface area contributed by atoms with E-state index in [1.807, 2.05) is 60.7 Å². The van der Waals surface area contributed by atoms with Gasteiger partial charge in [-0.25, -0.2) is 9.59 Å². The molecule has 41 heavy (non-hydrogen) atoms. The molecule has 8 nitrogen and oxygen atoms in total. The number of aryl methyl sites for hydroxylation is 1. The lowest BCUT2D eigenvalue weighted by molar-refractivity contribution is -0.141. The minimum atomic E-state index is -1.18. The molecule has 1 amide bonds. The van der Waals surface area contributed by atoms with Gasteiger partial charge >= 0.3 is 12.1 Å². The molecule has 0 bridgehead atoms. The minimum absolute atomic E-state index is 0.0514. The van der Waals surface area contributed by atoms with Gasteiger partial charge in [-0.3, -0.25) is 4.79 Å². The van der Waals surface area contributed by atoms with E-state index in [2.05, 4.69) is 5.32 Å². The number of nitrogens with one attached hydrogen (secondary N) is 1. The Morgan fingerprint density at radius 1 is 0.902 bits per heavy atom. The van der Waals surface area contributed by atoms with Gasteiger partial charge in [-0.2, -0.15) is 0 Å². The molecule has 2 atom stereocenters. The van der Waals surface area contributed by atoms with Crippen LogP contribution < -0.4 is 10.1 Å². The number of carbonyl (C=O) groups is 3. The van der Waals surface area contributed by atoms with Crippen molar-refractivity contribution >= 4 is 17.8 Å². The molecule has 2 N–H and O–H groups in total. The number of Topliss-reactive ketones (excluding diaryl/α,β-unsaturated/α-hetero) is 1. The predicted octanol–water partition coefficient (Wildman–Crippen LogP) is 5.64. The normalized spacial score (nSPS) is 15.7. The van der Waals surface area contributed by atoms with Crippen LogP contribution in [-0.4, -0.2) is 40.7 Å². The maximum atomic E-state index is 13.6. The van der Waals surface area contributed by atoms with Crippen molar-refractivity contribution in [1.82, 2.24) is 5.32 Å². The Morgan fingerprint density at radius 3 is 2.12 bits per heavy atom. The van der Waals surface area contributed by atoms with Crippen LogP contribution in [0.3, 0.4) is 0 Å². The van der Waals surface area contributed by atoms with Crippen molar-refractivity contribution in [1.29, 1.82) is 0 Å². The number of benzene rings is 3. The van der Waals surface area contributed by atoms with Crippen molar-refractivity contribution in [2.45, 2.75) is 64.4 Å². The Balaban J connectivity index is 1.48. The third-order valence-electron chi connectivity index (χ3n) is 6.42. The van der Waals surface area contributed by atoms with Crippen molar-refractivity contribution in [3.63, 3.8) is 0 Å². The average Bonchev–Trinajstić information content (AvgIpc) is 3.23. The second kappa shape index (κ2) is 13.2. The number of rotatable bonds is 11. The van der Waals surface area contributed by atoms with Gasteiger partial charge in [-0.1, -0.05) is 72.8 Å². The standard InChI is InChI=1S/C33H35NO7/c1-33(2,3)41-32(38)34-26(20-23-14-17-25(18-15-23)39-21-24-12-8-5-9-13-24)29(35)28-30(36)27(40-31(28)37)19-16-22-10-6-4-7-11-22/h4-15,17-18,26-27,36H,16,19-21H2,1-3H3,(H,34,38)/t26-,27?/m0/s1. The lowest BCUT2D eigenvalue weighted by Gasteiger charge is -2.23. The molecule has 3 aromatic carbocycles. The summed E-state index contributed by atoms with van der Waals surface area (Å²) in [5.41, 5.74) is 1.50. The lowest BCUT2D eigenvalue weighted by atomic mass is 9.96. The lowest BCUT2D eigenvalue weighted by Crippen LogP contribution is -2.46. The van der Waals surface area contributed by atoms with Gasteiger partial charge in [0.05, 0.1) is 6.04 Å². The number of aliphatic hydroxyl groups is 1. The SMILES string of the molecule is CC(C)(C)OC(=O)N[C@@H](Cc1ccc(OCc2ccccc2)cc1)C(=O)C1=C(O)C(CCc2ccccc2)OC1=O. The first-order chi connectivity index (χ1) is 19.6. The van der Waals surface area contributed by atoms with Crippen LogP contribution in [0.5, 0.6) is 5.75 Å². The number of esters is 1. The highest BCUT2D eigenvalue weighted by atomic mass is 16.6. The molecule has 214 valence electrons. The first-order valence-electron chi connectivity index (χ1n) is 13.6. The van der Waals surface area contributed by atoms with Crippen LogP contribution in [0.15, 0.2) is 96.3 Å². The van der Waals surface area contributed by atoms with Crippen molar-refractivity contribution in [3.05, 3.63) is 113 Å². The predicted molar refractivity (Wildman–Crippen MR) is 153 cm³/mol. The summed E-state index contributed by atoms with van der Waals surface area (Å²) >= 11 is 0. The molecule has 8 heteroatoms. The summed E-state index contributed by atoms with van der Waals surface area (Å²) in [6, 6.07) is 25.2. The molecule has 0 saturated carbocycles. The first kappa shape index (κ1) is 29.4. The molecule has 0 radical (unpaired) electrons. The Kier molecular flexibility index (Phi) is 9.45. The number of ether oxygens (including phenoxy) is 3. The number of amides is 1. The zero-order valence-electron chi connectivity index (χ0n) is 23.5. The highest BCUT2D eigenvalue weighted by Crippen LogP contribution is 2.27. The summed E-state index contributed by atoms with van der Waals surface area (Å²) in [6.45, 7) is 5.52. The van der Waals surface area contributed by atoms with E-state index in [-0.39, 0.29) is 6.42 Å². The molecule has 4 rings (SSSR count). The van der Waals surface area contributed by atoms with Crippen molar-refractivity contribution in [2.24, 2.45) is 0 Å². The van der Waals surface area contributed by atoms with Gasteiger partial charge in [0.25, 0.3) is 0 Å². The maximum absolute atomic E-state index is 13.6. The van der Waals surface area contributed by atoms with E-state index < -0.39 is 46.9 Å². The van der Waals surface area contributed by atoms with Crippen molar-refractivity contribution < 1.29 is 33.7 Å². The topological polar surface area (TPSA) is 111 Å². The Bertz CT molecular complexity index is 1380. The van der Waals surface area contributed by atoms with E-state index in [1.54, 1.807) is 45.0 Å². The van der Waals surface area contributed by atoms with Crippen LogP contribution in [0.2, 0.25) is 0 Å². The Hall–Kier alpha value is -4.59. The van der Waals surface area contributed by atoms with E-state index in [9.17, 15) is 19.5 Å². The van der Waals surface area contributed by atoms with E-state index in [0.29, 0.717) is 30.8 Å². The molecule has 1 unspecified atom stereocenters. The number of carbonyl (C=O) groups excluding carboxylic acids is 3. The van der Waals surface area contributed by atoms with Gasteiger partial charge in [0, 0.05) is 6.42 Å². The number of hydrogen-bond acceptors (Lipinski definition) is 7. The number of hydrogen-bond donors (Lipinski definition) is 2. The maximum Gasteiger partial charge on any atom is 0.408 e. The van der Waals surface area contributed by atoms with Gasteiger partial charge in [0.1, 0.15) is 23.5 Å². The molecular formula is C33H35NO7. The number of cyclic esters (lactones) is 1. The third-order valence-corrected chi connectivity index (χ3v) is 6.42. The Morgan fingerprint density at radius 2 is 1.51 bits per heavy atom. The average molecular weight is 558 g/mol. The second-order valence-corrected chi connectivity index (χ2v) is 10.9. The smallest absolute Gasteiger partial charge is 0.408 e. The van der Waals surface area contributed by atoms with Gasteiger partial charge in [-0.15, -0.1) is 0 Å². The highest BCUT2D eigenvalue weighted by molar-refractivity contribution is 6.21. The fourth-order valence-corrected chi connectivity index (χ4v) is 4.41. The Labute approximate surface area is 239 Å². The minimum Gasteiger partial charge on any atom is -0.507 e. The summed E-state index contributed by atoms with van der Waals surface area (Å²) < 4.78 is 16.5. The molecule has 0 fully saturated rings. The highest BCUT2D eigenvalue weighted by Gasteiger charge is 2.41. The van der Waals surface area contributed by atoms with Crippen LogP contribution in [0.25, 0.3) is 0 Å². The van der Waals surface area contributed by atoms with Crippen LogP contribution in [-0.2, 0) is 38.5 Å². The van der Waals surface area contributed by atoms with Crippen molar-refractivity contribution in [2.75, 3.05) is 0 Å². The summed E-state index contributed by atoms with van der Waals surface area (Å²) in [5, 5.41) is 13.4. The molecule has 0 saturated heterocycles. The molecule has 0 aromatic heterocycles. The molecule has 0 aliphatic carbocycles. The van der Waals surface area contributed by atoms with Crippen LogP contribution in [0.4, 0.5) is 4.79 Å². The summed E-state index contributed by atoms with van der Waals surface area (Å²) in [4.78, 5) is 39.0. The quantitative estimate of drug-likeness (QED) is 0.232. The molecule has 1 aliphatic heterocycles. The summed E-state index contributed by atoms with van der Waals surface area (Å²) in [5.74, 6) is -1.44. The first-order valence-corrected chi connectivity index (χ1v) is 13.6. The van der Waals surface area contributed by atoms with E-state index >= 15 is 0 Å². The molecule has 0 spiro atoms. The van der Waals surface area contributed by atoms with Gasteiger partial charge < -0.3 is 24.6 Å². The molecule has 3 aromatic rings. The van der Waals surface area contributed by atoms with Crippen molar-refractivity contribution in [3.8, 4) is 5.75 Å². The van der Waals surface area contributed by atoms with Gasteiger partial charge in [0.15, 0.2) is 17.6 Å². The molecule has 1 heterocycles. The fraction of sp³-hybridized carbons (Fsp3) is 0.303. The third kappa shape index (κ3) is 8.45. The van der Waals surface area contributed by atoms with Crippen LogP contribution in [0.1, 0.15) is 43.9 Å². The zero-order chi connectivity index (χ0) is 29.4. The van der Waals surface area contributed by atoms with E-state index in [1.165, 1.54) is 0 Å². The van der Waals surface area contributed by atoms with Crippen LogP contribution in [0, 0.1) is 0 Å². The second-order valence-electron chi connectivity index (χ2n) is 10.9. The number of aliphatic hydroxyl groups excluding tert-OH is 1. The van der Waals surface area contributed by atoms with Gasteiger partial charge in [0.2, 0.25) is 0 Å². The zero-order valence-corrected chi connectivity index (χ0v) is 23.5. The summed E-state index contributed by atoms with van der Waals surface area (Å²) in [6.07, 6.45) is -0.846. The fourth-order valence-electron chi connectivity index (χ4n) is 4.41. The number of ketones is 1. The molecule has 1 aliphatic rings. The largest absolute Gasteiger partial charge is 0.507 e. The molecular weight excluding hydrogens is 522 g/mol. The van der Waals surface area contributed by atoms with Crippen LogP contribution >= 0.6 is 0 Å². The van der Waals surface area contributed by atoms with E-state index in [0.717, 1.165) is 11.1 Å². The van der Waals surface area contributed by atoms with Gasteiger partial charge in [-0.05, 0) is 62.4 Å². The monoisotopic (exact) mass is 557 g/mol. The summed E-state index contributed by atoms with van der Waals surface area (Å²) in [7, 11) is 0. The number of alkyl carbamates (subject to hydrolysis) is 1. The van der Waals surface area contributed by atoms with E-state index in [4.69, 9.17) is 14.2 Å².